The van der Waals surface area contributed by atoms with Crippen LogP contribution in [-0.2, 0) is 21.2 Å². The van der Waals surface area contributed by atoms with E-state index in [-0.39, 0.29) is 16.5 Å². The van der Waals surface area contributed by atoms with Crippen LogP contribution < -0.4 is 4.31 Å². The fourth-order valence-corrected chi connectivity index (χ4v) is 4.66. The number of benzene rings is 2. The van der Waals surface area contributed by atoms with Crippen molar-refractivity contribution in [2.45, 2.75) is 24.3 Å². The third-order valence-electron chi connectivity index (χ3n) is 3.96. The fraction of sp³-hybridized carbons (Fsp3) is 0.235. The van der Waals surface area contributed by atoms with Crippen molar-refractivity contribution in [3.05, 3.63) is 59.7 Å². The highest BCUT2D eigenvalue weighted by atomic mass is 32.2. The van der Waals surface area contributed by atoms with E-state index in [1.165, 1.54) is 29.6 Å². The second kappa shape index (κ2) is 5.70. The molecule has 1 heterocycles. The number of hydrogen-bond donors (Lipinski definition) is 0. The van der Waals surface area contributed by atoms with E-state index >= 15 is 0 Å². The van der Waals surface area contributed by atoms with Crippen molar-refractivity contribution in [3.8, 4) is 0 Å². The maximum Gasteiger partial charge on any atom is 0.337 e. The summed E-state index contributed by atoms with van der Waals surface area (Å²) in [6, 6.07) is 13.2. The molecule has 120 valence electrons. The number of anilines is 1. The normalized spacial score (nSPS) is 17.0. The van der Waals surface area contributed by atoms with Crippen LogP contribution in [0.3, 0.4) is 0 Å². The minimum Gasteiger partial charge on any atom is -0.465 e. The summed E-state index contributed by atoms with van der Waals surface area (Å²) in [4.78, 5) is 11.7. The molecular formula is C17H17NO4S. The molecular weight excluding hydrogens is 314 g/mol. The van der Waals surface area contributed by atoms with Gasteiger partial charge in [0, 0.05) is 6.04 Å². The van der Waals surface area contributed by atoms with Crippen LogP contribution in [0.15, 0.2) is 53.4 Å². The molecule has 0 saturated heterocycles. The van der Waals surface area contributed by atoms with Gasteiger partial charge < -0.3 is 4.74 Å². The summed E-state index contributed by atoms with van der Waals surface area (Å²) in [5.41, 5.74) is 1.92. The minimum atomic E-state index is -3.74. The summed E-state index contributed by atoms with van der Waals surface area (Å²) in [6.07, 6.45) is 0.673. The lowest BCUT2D eigenvalue weighted by molar-refractivity contribution is 0.0600. The van der Waals surface area contributed by atoms with Gasteiger partial charge in [0.15, 0.2) is 0 Å². The zero-order chi connectivity index (χ0) is 16.6. The Morgan fingerprint density at radius 2 is 1.91 bits per heavy atom. The lowest BCUT2D eigenvalue weighted by atomic mass is 10.1. The molecule has 0 saturated carbocycles. The van der Waals surface area contributed by atoms with Crippen molar-refractivity contribution in [2.24, 2.45) is 0 Å². The quantitative estimate of drug-likeness (QED) is 0.811. The monoisotopic (exact) mass is 331 g/mol. The molecule has 1 aliphatic heterocycles. The van der Waals surface area contributed by atoms with E-state index < -0.39 is 16.0 Å². The topological polar surface area (TPSA) is 63.7 Å². The van der Waals surface area contributed by atoms with E-state index in [2.05, 4.69) is 4.74 Å². The van der Waals surface area contributed by atoms with Gasteiger partial charge >= 0.3 is 5.97 Å². The Hall–Kier alpha value is -2.34. The number of carbonyl (C=O) groups excluding carboxylic acids is 1. The predicted molar refractivity (Wildman–Crippen MR) is 87.1 cm³/mol. The highest BCUT2D eigenvalue weighted by Gasteiger charge is 2.36. The molecule has 2 aromatic carbocycles. The summed E-state index contributed by atoms with van der Waals surface area (Å²) in [5.74, 6) is -0.558. The number of esters is 1. The second-order valence-electron chi connectivity index (χ2n) is 5.50. The number of methoxy groups -OCH3 is 1. The van der Waals surface area contributed by atoms with Gasteiger partial charge in [-0.15, -0.1) is 0 Å². The first-order valence-corrected chi connectivity index (χ1v) is 8.70. The first kappa shape index (κ1) is 15.6. The Morgan fingerprint density at radius 1 is 1.17 bits per heavy atom. The molecule has 1 aliphatic rings. The van der Waals surface area contributed by atoms with Gasteiger partial charge in [0.1, 0.15) is 0 Å². The van der Waals surface area contributed by atoms with Gasteiger partial charge in [-0.05, 0) is 43.2 Å². The molecule has 6 heteroatoms. The molecule has 0 fully saturated rings. The van der Waals surface area contributed by atoms with E-state index in [0.717, 1.165) is 5.56 Å². The lowest BCUT2D eigenvalue weighted by Gasteiger charge is -2.24. The van der Waals surface area contributed by atoms with Crippen LogP contribution >= 0.6 is 0 Å². The summed E-state index contributed by atoms with van der Waals surface area (Å²) in [6.45, 7) is 1.88. The van der Waals surface area contributed by atoms with E-state index in [1.54, 1.807) is 12.1 Å². The van der Waals surface area contributed by atoms with Crippen LogP contribution in [0.4, 0.5) is 5.69 Å². The zero-order valence-corrected chi connectivity index (χ0v) is 13.7. The van der Waals surface area contributed by atoms with Crippen LogP contribution in [0, 0.1) is 0 Å². The third kappa shape index (κ3) is 2.59. The van der Waals surface area contributed by atoms with Gasteiger partial charge in [-0.25, -0.2) is 13.2 Å². The molecule has 0 bridgehead atoms. The highest BCUT2D eigenvalue weighted by Crippen LogP contribution is 2.36. The molecule has 3 rings (SSSR count). The van der Waals surface area contributed by atoms with Crippen LogP contribution in [0.25, 0.3) is 0 Å². The van der Waals surface area contributed by atoms with E-state index in [1.807, 2.05) is 25.1 Å². The average molecular weight is 331 g/mol. The van der Waals surface area contributed by atoms with E-state index in [9.17, 15) is 13.2 Å². The number of hydrogen-bond acceptors (Lipinski definition) is 4. The maximum absolute atomic E-state index is 13.0. The van der Waals surface area contributed by atoms with E-state index in [4.69, 9.17) is 0 Å². The van der Waals surface area contributed by atoms with Gasteiger partial charge in [0.2, 0.25) is 0 Å². The van der Waals surface area contributed by atoms with Gasteiger partial charge in [0.05, 0.1) is 23.3 Å². The van der Waals surface area contributed by atoms with Crippen molar-refractivity contribution >= 4 is 21.7 Å². The summed E-state index contributed by atoms with van der Waals surface area (Å²) in [5, 5.41) is 0. The largest absolute Gasteiger partial charge is 0.465 e. The Morgan fingerprint density at radius 3 is 2.65 bits per heavy atom. The predicted octanol–water partition coefficient (Wildman–Crippen LogP) is 2.61. The Balaban J connectivity index is 2.08. The first-order chi connectivity index (χ1) is 10.9. The van der Waals surface area contributed by atoms with Crippen molar-refractivity contribution in [3.63, 3.8) is 0 Å². The number of carbonyl (C=O) groups is 1. The molecule has 0 aliphatic carbocycles. The third-order valence-corrected chi connectivity index (χ3v) is 5.88. The maximum atomic E-state index is 13.0. The van der Waals surface area contributed by atoms with Crippen molar-refractivity contribution < 1.29 is 17.9 Å². The van der Waals surface area contributed by atoms with Gasteiger partial charge in [-0.1, -0.05) is 24.3 Å². The molecule has 0 N–H and O–H groups in total. The summed E-state index contributed by atoms with van der Waals surface area (Å²) in [7, 11) is -2.47. The highest BCUT2D eigenvalue weighted by molar-refractivity contribution is 7.92. The van der Waals surface area contributed by atoms with Gasteiger partial charge in [-0.2, -0.15) is 0 Å². The van der Waals surface area contributed by atoms with Crippen molar-refractivity contribution in [2.75, 3.05) is 11.4 Å². The average Bonchev–Trinajstić information content (AvgIpc) is 2.90. The van der Waals surface area contributed by atoms with Crippen molar-refractivity contribution in [1.29, 1.82) is 0 Å². The molecule has 0 amide bonds. The molecule has 0 aromatic heterocycles. The zero-order valence-electron chi connectivity index (χ0n) is 12.9. The van der Waals surface area contributed by atoms with Gasteiger partial charge in [-0.3, -0.25) is 4.31 Å². The van der Waals surface area contributed by atoms with Crippen LogP contribution in [-0.4, -0.2) is 27.5 Å². The fourth-order valence-electron chi connectivity index (χ4n) is 2.92. The van der Waals surface area contributed by atoms with Gasteiger partial charge in [0.25, 0.3) is 10.0 Å². The number of rotatable bonds is 3. The summed E-state index contributed by atoms with van der Waals surface area (Å²) < 4.78 is 32.2. The second-order valence-corrected chi connectivity index (χ2v) is 7.32. The Bertz CT molecular complexity index is 860. The Labute approximate surface area is 135 Å². The smallest absolute Gasteiger partial charge is 0.337 e. The van der Waals surface area contributed by atoms with Crippen LogP contribution in [0.5, 0.6) is 0 Å². The molecule has 0 spiro atoms. The molecule has 0 radical (unpaired) electrons. The summed E-state index contributed by atoms with van der Waals surface area (Å²) >= 11 is 0. The SMILES string of the molecule is COC(=O)c1cccc(S(=O)(=O)N2c3ccccc3C[C@H]2C)c1. The van der Waals surface area contributed by atoms with E-state index in [0.29, 0.717) is 12.1 Å². The molecule has 1 atom stereocenters. The number of sulfonamides is 1. The molecule has 23 heavy (non-hydrogen) atoms. The Kier molecular flexibility index (Phi) is 3.85. The van der Waals surface area contributed by atoms with Crippen LogP contribution in [0.2, 0.25) is 0 Å². The molecule has 0 unspecified atom stereocenters. The van der Waals surface area contributed by atoms with Crippen molar-refractivity contribution in [1.82, 2.24) is 0 Å². The molecule has 5 nitrogen and oxygen atoms in total. The number of nitrogens with zero attached hydrogens (tertiary/aromatic N) is 1. The first-order valence-electron chi connectivity index (χ1n) is 7.26. The standard InChI is InChI=1S/C17H17NO4S/c1-12-10-13-6-3-4-9-16(13)18(12)23(20,21)15-8-5-7-14(11-15)17(19)22-2/h3-9,11-12H,10H2,1-2H3/t12-/m1/s1. The number of ether oxygens (including phenoxy) is 1. The molecule has 2 aromatic rings. The lowest BCUT2D eigenvalue weighted by Crippen LogP contribution is -2.35. The minimum absolute atomic E-state index is 0.0870. The number of fused-ring (bicyclic) bond motifs is 1. The number of para-hydroxylation sites is 1. The van der Waals surface area contributed by atoms with Crippen LogP contribution in [0.1, 0.15) is 22.8 Å².